The molecule has 2 aromatic carbocycles. The van der Waals surface area contributed by atoms with Gasteiger partial charge >= 0.3 is 0 Å². The van der Waals surface area contributed by atoms with Gasteiger partial charge in [0.1, 0.15) is 11.6 Å². The highest BCUT2D eigenvalue weighted by molar-refractivity contribution is 5.91. The number of nitrogens with one attached hydrogen (secondary N) is 2. The Morgan fingerprint density at radius 2 is 1.62 bits per heavy atom. The molecule has 1 amide bonds. The maximum absolute atomic E-state index is 13.6. The number of anilines is 2. The van der Waals surface area contributed by atoms with Gasteiger partial charge in [-0.15, -0.1) is 10.2 Å². The van der Waals surface area contributed by atoms with Crippen LogP contribution >= 0.6 is 0 Å². The molecule has 3 rings (SSSR count). The van der Waals surface area contributed by atoms with Crippen LogP contribution in [0.25, 0.3) is 0 Å². The fourth-order valence-corrected chi connectivity index (χ4v) is 2.52. The molecule has 0 spiro atoms. The highest BCUT2D eigenvalue weighted by Crippen LogP contribution is 2.17. The number of aromatic nitrogens is 2. The molecule has 1 unspecified atom stereocenters. The highest BCUT2D eigenvalue weighted by Gasteiger charge is 2.10. The van der Waals surface area contributed by atoms with E-state index in [0.29, 0.717) is 17.2 Å². The van der Waals surface area contributed by atoms with E-state index in [1.807, 2.05) is 37.3 Å². The van der Waals surface area contributed by atoms with Crippen LogP contribution in [0.2, 0.25) is 0 Å². The Hall–Kier alpha value is -3.28. The molecule has 1 atom stereocenters. The summed E-state index contributed by atoms with van der Waals surface area (Å²) in [7, 11) is 0. The van der Waals surface area contributed by atoms with E-state index >= 15 is 0 Å². The normalized spacial score (nSPS) is 11.6. The van der Waals surface area contributed by atoms with Gasteiger partial charge in [0.25, 0.3) is 0 Å². The van der Waals surface area contributed by atoms with Crippen molar-refractivity contribution in [2.45, 2.75) is 19.4 Å². The van der Waals surface area contributed by atoms with Crippen molar-refractivity contribution in [1.29, 1.82) is 0 Å². The maximum atomic E-state index is 13.6. The van der Waals surface area contributed by atoms with Gasteiger partial charge in [-0.25, -0.2) is 4.39 Å². The number of hydrogen-bond acceptors (Lipinski definition) is 4. The van der Waals surface area contributed by atoms with Gasteiger partial charge in [-0.05, 0) is 36.2 Å². The fraction of sp³-hybridized carbons (Fsp3) is 0.150. The Labute approximate surface area is 151 Å². The van der Waals surface area contributed by atoms with Crippen molar-refractivity contribution in [3.63, 3.8) is 0 Å². The van der Waals surface area contributed by atoms with E-state index in [4.69, 9.17) is 0 Å². The van der Waals surface area contributed by atoms with Crippen LogP contribution in [0.3, 0.4) is 0 Å². The number of hydrogen-bond donors (Lipinski definition) is 2. The second-order valence-corrected chi connectivity index (χ2v) is 5.90. The van der Waals surface area contributed by atoms with Crippen LogP contribution < -0.4 is 10.6 Å². The second-order valence-electron chi connectivity index (χ2n) is 5.90. The number of halogens is 1. The minimum Gasteiger partial charge on any atom is -0.362 e. The zero-order chi connectivity index (χ0) is 18.4. The van der Waals surface area contributed by atoms with Gasteiger partial charge in [0.05, 0.1) is 6.42 Å². The summed E-state index contributed by atoms with van der Waals surface area (Å²) in [5.41, 5.74) is 1.48. The molecule has 5 nitrogen and oxygen atoms in total. The van der Waals surface area contributed by atoms with Gasteiger partial charge in [-0.1, -0.05) is 48.5 Å². The summed E-state index contributed by atoms with van der Waals surface area (Å²) in [5.74, 6) is 0.184. The van der Waals surface area contributed by atoms with E-state index in [-0.39, 0.29) is 18.4 Å². The molecule has 132 valence electrons. The summed E-state index contributed by atoms with van der Waals surface area (Å²) in [6.07, 6.45) is -0.0562. The van der Waals surface area contributed by atoms with Crippen LogP contribution in [0.15, 0.2) is 66.7 Å². The molecule has 2 N–H and O–H groups in total. The molecule has 0 fully saturated rings. The second kappa shape index (κ2) is 8.20. The molecule has 0 aliphatic rings. The van der Waals surface area contributed by atoms with E-state index < -0.39 is 5.82 Å². The predicted octanol–water partition coefficient (Wildman–Crippen LogP) is 3.97. The smallest absolute Gasteiger partial charge is 0.230 e. The predicted molar refractivity (Wildman–Crippen MR) is 99.2 cm³/mol. The summed E-state index contributed by atoms with van der Waals surface area (Å²) in [5, 5.41) is 13.9. The lowest BCUT2D eigenvalue weighted by Gasteiger charge is -2.14. The summed E-state index contributed by atoms with van der Waals surface area (Å²) >= 11 is 0. The molecule has 1 aromatic heterocycles. The topological polar surface area (TPSA) is 66.9 Å². The lowest BCUT2D eigenvalue weighted by molar-refractivity contribution is -0.115. The third kappa shape index (κ3) is 4.63. The van der Waals surface area contributed by atoms with Gasteiger partial charge in [-0.3, -0.25) is 4.79 Å². The van der Waals surface area contributed by atoms with Crippen molar-refractivity contribution in [2.75, 3.05) is 10.6 Å². The monoisotopic (exact) mass is 350 g/mol. The molecule has 0 bridgehead atoms. The average molecular weight is 350 g/mol. The first-order valence-corrected chi connectivity index (χ1v) is 8.30. The highest BCUT2D eigenvalue weighted by atomic mass is 19.1. The molecule has 1 heterocycles. The lowest BCUT2D eigenvalue weighted by Crippen LogP contribution is -2.16. The van der Waals surface area contributed by atoms with Gasteiger partial charge in [0, 0.05) is 6.04 Å². The molecule has 0 aliphatic heterocycles. The third-order valence-electron chi connectivity index (χ3n) is 3.90. The maximum Gasteiger partial charge on any atom is 0.230 e. The van der Waals surface area contributed by atoms with Crippen LogP contribution in [0.4, 0.5) is 16.0 Å². The minimum atomic E-state index is -0.400. The summed E-state index contributed by atoms with van der Waals surface area (Å²) in [6, 6.07) is 19.7. The number of amides is 1. The zero-order valence-electron chi connectivity index (χ0n) is 14.3. The SMILES string of the molecule is CC(Nc1ccc(NC(=O)Cc2ccccc2F)nn1)c1ccccc1. The number of rotatable bonds is 6. The summed E-state index contributed by atoms with van der Waals surface area (Å²) in [6.45, 7) is 2.03. The zero-order valence-corrected chi connectivity index (χ0v) is 14.3. The Morgan fingerprint density at radius 3 is 2.31 bits per heavy atom. The fourth-order valence-electron chi connectivity index (χ4n) is 2.52. The Bertz CT molecular complexity index is 868. The quantitative estimate of drug-likeness (QED) is 0.706. The molecule has 6 heteroatoms. The molecular formula is C20H19FN4O. The summed E-state index contributed by atoms with van der Waals surface area (Å²) < 4.78 is 13.6. The van der Waals surface area contributed by atoms with E-state index in [2.05, 4.69) is 20.8 Å². The van der Waals surface area contributed by atoms with E-state index in [0.717, 1.165) is 5.56 Å². The molecule has 0 radical (unpaired) electrons. The van der Waals surface area contributed by atoms with Crippen molar-refractivity contribution in [1.82, 2.24) is 10.2 Å². The van der Waals surface area contributed by atoms with E-state index in [1.165, 1.54) is 6.07 Å². The van der Waals surface area contributed by atoms with E-state index in [9.17, 15) is 9.18 Å². The minimum absolute atomic E-state index is 0.0562. The number of carbonyl (C=O) groups excluding carboxylic acids is 1. The van der Waals surface area contributed by atoms with Crippen LogP contribution in [0, 0.1) is 5.82 Å². The first-order valence-electron chi connectivity index (χ1n) is 8.30. The largest absolute Gasteiger partial charge is 0.362 e. The van der Waals surface area contributed by atoms with Crippen molar-refractivity contribution in [2.24, 2.45) is 0 Å². The Kier molecular flexibility index (Phi) is 5.53. The molecule has 0 saturated carbocycles. The Morgan fingerprint density at radius 1 is 0.962 bits per heavy atom. The van der Waals surface area contributed by atoms with Crippen LogP contribution in [0.5, 0.6) is 0 Å². The van der Waals surface area contributed by atoms with Crippen molar-refractivity contribution in [3.05, 3.63) is 83.7 Å². The van der Waals surface area contributed by atoms with Crippen LogP contribution in [0.1, 0.15) is 24.1 Å². The van der Waals surface area contributed by atoms with Gasteiger partial charge in [-0.2, -0.15) is 0 Å². The molecule has 0 aliphatic carbocycles. The van der Waals surface area contributed by atoms with Crippen molar-refractivity contribution in [3.8, 4) is 0 Å². The van der Waals surface area contributed by atoms with Crippen molar-refractivity contribution < 1.29 is 9.18 Å². The van der Waals surface area contributed by atoms with Crippen LogP contribution in [-0.2, 0) is 11.2 Å². The molecule has 0 saturated heterocycles. The van der Waals surface area contributed by atoms with Gasteiger partial charge in [0.15, 0.2) is 5.82 Å². The Balaban J connectivity index is 1.57. The van der Waals surface area contributed by atoms with Gasteiger partial charge in [0.2, 0.25) is 5.91 Å². The number of nitrogens with zero attached hydrogens (tertiary/aromatic N) is 2. The lowest BCUT2D eigenvalue weighted by atomic mass is 10.1. The van der Waals surface area contributed by atoms with Crippen molar-refractivity contribution >= 4 is 17.5 Å². The van der Waals surface area contributed by atoms with Crippen LogP contribution in [-0.4, -0.2) is 16.1 Å². The standard InChI is InChI=1S/C20H19FN4O/c1-14(15-7-3-2-4-8-15)22-18-11-12-19(25-24-18)23-20(26)13-16-9-5-6-10-17(16)21/h2-12,14H,13H2,1H3,(H,22,24)(H,23,25,26). The third-order valence-corrected chi connectivity index (χ3v) is 3.90. The summed E-state index contributed by atoms with van der Waals surface area (Å²) in [4.78, 5) is 12.0. The molecule has 26 heavy (non-hydrogen) atoms. The average Bonchev–Trinajstić information content (AvgIpc) is 2.66. The van der Waals surface area contributed by atoms with Gasteiger partial charge < -0.3 is 10.6 Å². The first-order chi connectivity index (χ1) is 12.6. The number of benzene rings is 2. The first kappa shape index (κ1) is 17.5. The molecule has 3 aromatic rings. The molecular weight excluding hydrogens is 331 g/mol. The number of carbonyl (C=O) groups is 1. The van der Waals surface area contributed by atoms with E-state index in [1.54, 1.807) is 30.3 Å².